The zero-order valence-electron chi connectivity index (χ0n) is 8.94. The standard InChI is InChI=1S/C10H12ClFN2O2S/c11-9-2-1-7(12)5-10(9)17(15,16)14-4-3-8(13)6-14/h1-2,5,8H,3-4,6,13H2/t8-/m0/s1. The van der Waals surface area contributed by atoms with Crippen molar-refractivity contribution in [3.8, 4) is 0 Å². The monoisotopic (exact) mass is 278 g/mol. The number of hydrogen-bond acceptors (Lipinski definition) is 3. The Bertz CT molecular complexity index is 535. The van der Waals surface area contributed by atoms with Crippen LogP contribution in [0.15, 0.2) is 23.1 Å². The molecular weight excluding hydrogens is 267 g/mol. The molecule has 0 amide bonds. The van der Waals surface area contributed by atoms with Gasteiger partial charge in [0.25, 0.3) is 0 Å². The Kier molecular flexibility index (Phi) is 3.40. The molecule has 1 saturated heterocycles. The highest BCUT2D eigenvalue weighted by molar-refractivity contribution is 7.89. The molecule has 2 N–H and O–H groups in total. The number of nitrogens with zero attached hydrogens (tertiary/aromatic N) is 1. The van der Waals surface area contributed by atoms with E-state index in [-0.39, 0.29) is 22.5 Å². The van der Waals surface area contributed by atoms with Crippen LogP contribution in [-0.2, 0) is 10.0 Å². The van der Waals surface area contributed by atoms with Crippen LogP contribution in [-0.4, -0.2) is 31.9 Å². The van der Waals surface area contributed by atoms with Gasteiger partial charge in [0.1, 0.15) is 10.7 Å². The second-order valence-corrected chi connectivity index (χ2v) is 6.30. The smallest absolute Gasteiger partial charge is 0.244 e. The first-order valence-electron chi connectivity index (χ1n) is 5.12. The highest BCUT2D eigenvalue weighted by Gasteiger charge is 2.32. The summed E-state index contributed by atoms with van der Waals surface area (Å²) < 4.78 is 38.7. The molecule has 1 fully saturated rings. The maximum atomic E-state index is 13.1. The summed E-state index contributed by atoms with van der Waals surface area (Å²) in [6.45, 7) is 0.589. The van der Waals surface area contributed by atoms with E-state index in [4.69, 9.17) is 17.3 Å². The van der Waals surface area contributed by atoms with Crippen LogP contribution in [0.2, 0.25) is 5.02 Å². The van der Waals surface area contributed by atoms with Gasteiger partial charge in [-0.1, -0.05) is 11.6 Å². The minimum atomic E-state index is -3.74. The summed E-state index contributed by atoms with van der Waals surface area (Å²) in [6.07, 6.45) is 0.603. The first-order chi connectivity index (χ1) is 7.91. The van der Waals surface area contributed by atoms with Crippen molar-refractivity contribution in [3.63, 3.8) is 0 Å². The SMILES string of the molecule is N[C@H]1CCN(S(=O)(=O)c2cc(F)ccc2Cl)C1. The number of halogens is 2. The molecular formula is C10H12ClFN2O2S. The Hall–Kier alpha value is -0.690. The quantitative estimate of drug-likeness (QED) is 0.884. The fourth-order valence-electron chi connectivity index (χ4n) is 1.79. The molecule has 0 unspecified atom stereocenters. The van der Waals surface area contributed by atoms with Crippen molar-refractivity contribution in [1.29, 1.82) is 0 Å². The molecule has 0 aromatic heterocycles. The molecule has 94 valence electrons. The van der Waals surface area contributed by atoms with E-state index >= 15 is 0 Å². The molecule has 17 heavy (non-hydrogen) atoms. The zero-order chi connectivity index (χ0) is 12.6. The molecule has 0 saturated carbocycles. The molecule has 1 aliphatic rings. The molecule has 1 aliphatic heterocycles. The van der Waals surface area contributed by atoms with E-state index in [0.717, 1.165) is 12.1 Å². The van der Waals surface area contributed by atoms with Crippen LogP contribution in [0.3, 0.4) is 0 Å². The topological polar surface area (TPSA) is 63.4 Å². The zero-order valence-corrected chi connectivity index (χ0v) is 10.5. The van der Waals surface area contributed by atoms with Gasteiger partial charge in [-0.05, 0) is 24.6 Å². The summed E-state index contributed by atoms with van der Waals surface area (Å²) in [5.41, 5.74) is 5.65. The van der Waals surface area contributed by atoms with Gasteiger partial charge >= 0.3 is 0 Å². The second kappa shape index (κ2) is 4.53. The molecule has 0 spiro atoms. The molecule has 4 nitrogen and oxygen atoms in total. The van der Waals surface area contributed by atoms with Gasteiger partial charge in [0.05, 0.1) is 5.02 Å². The highest BCUT2D eigenvalue weighted by atomic mass is 35.5. The Morgan fingerprint density at radius 2 is 2.18 bits per heavy atom. The van der Waals surface area contributed by atoms with Crippen molar-refractivity contribution >= 4 is 21.6 Å². The van der Waals surface area contributed by atoms with Gasteiger partial charge in [0.2, 0.25) is 10.0 Å². The minimum absolute atomic E-state index is 0.0203. The Morgan fingerprint density at radius 3 is 2.76 bits per heavy atom. The minimum Gasteiger partial charge on any atom is -0.326 e. The maximum Gasteiger partial charge on any atom is 0.244 e. The second-order valence-electron chi connectivity index (χ2n) is 3.99. The van der Waals surface area contributed by atoms with E-state index in [1.807, 2.05) is 0 Å². The Balaban J connectivity index is 2.41. The van der Waals surface area contributed by atoms with Crippen molar-refractivity contribution < 1.29 is 12.8 Å². The van der Waals surface area contributed by atoms with Crippen molar-refractivity contribution in [1.82, 2.24) is 4.31 Å². The van der Waals surface area contributed by atoms with Gasteiger partial charge < -0.3 is 5.73 Å². The summed E-state index contributed by atoms with van der Waals surface area (Å²) in [5, 5.41) is 0.0203. The molecule has 0 bridgehead atoms. The van der Waals surface area contributed by atoms with Crippen LogP contribution in [0, 0.1) is 5.82 Å². The van der Waals surface area contributed by atoms with Gasteiger partial charge in [-0.15, -0.1) is 0 Å². The van der Waals surface area contributed by atoms with Gasteiger partial charge in [0.15, 0.2) is 0 Å². The predicted molar refractivity (Wildman–Crippen MR) is 62.8 cm³/mol. The average molecular weight is 279 g/mol. The van der Waals surface area contributed by atoms with Gasteiger partial charge in [-0.25, -0.2) is 12.8 Å². The van der Waals surface area contributed by atoms with Crippen LogP contribution in [0.5, 0.6) is 0 Å². The van der Waals surface area contributed by atoms with Gasteiger partial charge in [-0.3, -0.25) is 0 Å². The summed E-state index contributed by atoms with van der Waals surface area (Å²) >= 11 is 5.79. The number of hydrogen-bond donors (Lipinski definition) is 1. The number of nitrogens with two attached hydrogens (primary N) is 1. The van der Waals surface area contributed by atoms with E-state index in [1.165, 1.54) is 10.4 Å². The van der Waals surface area contributed by atoms with Gasteiger partial charge in [-0.2, -0.15) is 4.31 Å². The molecule has 1 aromatic rings. The molecule has 2 rings (SSSR count). The van der Waals surface area contributed by atoms with Crippen LogP contribution in [0.25, 0.3) is 0 Å². The molecule has 1 heterocycles. The van der Waals surface area contributed by atoms with Crippen LogP contribution >= 0.6 is 11.6 Å². The fourth-order valence-corrected chi connectivity index (χ4v) is 3.78. The lowest BCUT2D eigenvalue weighted by Crippen LogP contribution is -2.32. The number of benzene rings is 1. The molecule has 1 atom stereocenters. The van der Waals surface area contributed by atoms with E-state index in [2.05, 4.69) is 0 Å². The first kappa shape index (κ1) is 12.8. The third-order valence-corrected chi connectivity index (χ3v) is 5.05. The Morgan fingerprint density at radius 1 is 1.47 bits per heavy atom. The lowest BCUT2D eigenvalue weighted by Gasteiger charge is -2.16. The average Bonchev–Trinajstić information content (AvgIpc) is 2.69. The van der Waals surface area contributed by atoms with E-state index in [1.54, 1.807) is 0 Å². The highest BCUT2D eigenvalue weighted by Crippen LogP contribution is 2.27. The molecule has 7 heteroatoms. The molecule has 1 aromatic carbocycles. The summed E-state index contributed by atoms with van der Waals surface area (Å²) in [4.78, 5) is -0.201. The summed E-state index contributed by atoms with van der Waals surface area (Å²) in [6, 6.07) is 3.12. The van der Waals surface area contributed by atoms with Crippen LogP contribution in [0.1, 0.15) is 6.42 Å². The molecule has 0 radical (unpaired) electrons. The van der Waals surface area contributed by atoms with Crippen molar-refractivity contribution in [3.05, 3.63) is 29.0 Å². The number of rotatable bonds is 2. The van der Waals surface area contributed by atoms with Crippen molar-refractivity contribution in [2.75, 3.05) is 13.1 Å². The fraction of sp³-hybridized carbons (Fsp3) is 0.400. The summed E-state index contributed by atoms with van der Waals surface area (Å²) in [5.74, 6) is -0.628. The van der Waals surface area contributed by atoms with Crippen LogP contribution < -0.4 is 5.73 Å². The van der Waals surface area contributed by atoms with E-state index < -0.39 is 15.8 Å². The Labute approximate surface area is 104 Å². The molecule has 0 aliphatic carbocycles. The van der Waals surface area contributed by atoms with E-state index in [9.17, 15) is 12.8 Å². The first-order valence-corrected chi connectivity index (χ1v) is 6.94. The number of sulfonamides is 1. The third kappa shape index (κ3) is 2.44. The third-order valence-electron chi connectivity index (χ3n) is 2.70. The van der Waals surface area contributed by atoms with Crippen molar-refractivity contribution in [2.45, 2.75) is 17.4 Å². The largest absolute Gasteiger partial charge is 0.326 e. The van der Waals surface area contributed by atoms with E-state index in [0.29, 0.717) is 13.0 Å². The lowest BCUT2D eigenvalue weighted by atomic mass is 10.3. The van der Waals surface area contributed by atoms with Crippen molar-refractivity contribution in [2.24, 2.45) is 5.73 Å². The summed E-state index contributed by atoms with van der Waals surface area (Å²) in [7, 11) is -3.74. The maximum absolute atomic E-state index is 13.1. The normalized spacial score (nSPS) is 21.9. The lowest BCUT2D eigenvalue weighted by molar-refractivity contribution is 0.471. The van der Waals surface area contributed by atoms with Crippen LogP contribution in [0.4, 0.5) is 4.39 Å². The van der Waals surface area contributed by atoms with Gasteiger partial charge in [0, 0.05) is 19.1 Å². The predicted octanol–water partition coefficient (Wildman–Crippen LogP) is 1.20.